The highest BCUT2D eigenvalue weighted by Crippen LogP contribution is 2.14. The van der Waals surface area contributed by atoms with Crippen molar-refractivity contribution in [3.63, 3.8) is 0 Å². The molecule has 0 aliphatic heterocycles. The van der Waals surface area contributed by atoms with Crippen LogP contribution in [0, 0.1) is 5.92 Å². The summed E-state index contributed by atoms with van der Waals surface area (Å²) in [6.07, 6.45) is 4.45. The number of sulfonamides is 1. The Labute approximate surface area is 199 Å². The van der Waals surface area contributed by atoms with Gasteiger partial charge in [-0.1, -0.05) is 38.1 Å². The number of carbonyl (C=O) groups is 2. The second-order valence-corrected chi connectivity index (χ2v) is 9.64. The Bertz CT molecular complexity index is 1250. The van der Waals surface area contributed by atoms with E-state index in [1.54, 1.807) is 36.4 Å². The molecule has 0 aliphatic carbocycles. The van der Waals surface area contributed by atoms with E-state index in [1.807, 2.05) is 32.0 Å². The lowest BCUT2D eigenvalue weighted by molar-refractivity contribution is -0.119. The van der Waals surface area contributed by atoms with Gasteiger partial charge in [0.05, 0.1) is 17.7 Å². The average Bonchev–Trinajstić information content (AvgIpc) is 3.34. The third kappa shape index (κ3) is 7.43. The Kier molecular flexibility index (Phi) is 8.39. The number of hydrogen-bond acceptors (Lipinski definition) is 5. The fourth-order valence-corrected chi connectivity index (χ4v) is 3.88. The summed E-state index contributed by atoms with van der Waals surface area (Å²) in [6.45, 7) is 3.99. The minimum absolute atomic E-state index is 0.0597. The van der Waals surface area contributed by atoms with Crippen molar-refractivity contribution >= 4 is 33.6 Å². The summed E-state index contributed by atoms with van der Waals surface area (Å²) in [5, 5.41) is 5.61. The van der Waals surface area contributed by atoms with Crippen molar-refractivity contribution in [2.45, 2.75) is 31.8 Å². The Morgan fingerprint density at radius 3 is 2.44 bits per heavy atom. The van der Waals surface area contributed by atoms with Crippen molar-refractivity contribution in [1.29, 1.82) is 0 Å². The summed E-state index contributed by atoms with van der Waals surface area (Å²) in [5.41, 5.74) is 2.20. The maximum atomic E-state index is 12.4. The standard InChI is InChI=1S/C25H27N3O5S/c1-18(2)25(30)28-21-6-3-5-20(15-21)16-26-24(29)13-10-19-8-11-23(12-9-19)34(31,32)27-17-22-7-4-14-33-22/h3-15,18,27H,16-17H2,1-2H3,(H,26,29)(H,28,30)/b13-10+. The van der Waals surface area contributed by atoms with Gasteiger partial charge in [-0.05, 0) is 53.6 Å². The van der Waals surface area contributed by atoms with Gasteiger partial charge in [-0.25, -0.2) is 13.1 Å². The fourth-order valence-electron chi connectivity index (χ4n) is 2.89. The van der Waals surface area contributed by atoms with E-state index in [1.165, 1.54) is 24.5 Å². The van der Waals surface area contributed by atoms with E-state index in [9.17, 15) is 18.0 Å². The molecule has 0 bridgehead atoms. The van der Waals surface area contributed by atoms with E-state index in [0.717, 1.165) is 5.56 Å². The van der Waals surface area contributed by atoms with Crippen molar-refractivity contribution in [2.75, 3.05) is 5.32 Å². The second kappa shape index (κ2) is 11.4. The van der Waals surface area contributed by atoms with Crippen LogP contribution < -0.4 is 15.4 Å². The van der Waals surface area contributed by atoms with Gasteiger partial charge in [0, 0.05) is 24.2 Å². The summed E-state index contributed by atoms with van der Waals surface area (Å²) in [5.74, 6) is 0.0199. The van der Waals surface area contributed by atoms with E-state index in [-0.39, 0.29) is 29.2 Å². The number of anilines is 1. The zero-order valence-corrected chi connectivity index (χ0v) is 19.8. The average molecular weight is 482 g/mol. The van der Waals surface area contributed by atoms with E-state index in [2.05, 4.69) is 15.4 Å². The predicted octanol–water partition coefficient (Wildman–Crippen LogP) is 3.68. The Hall–Kier alpha value is -3.69. The van der Waals surface area contributed by atoms with Gasteiger partial charge in [-0.2, -0.15) is 0 Å². The Balaban J connectivity index is 1.51. The van der Waals surface area contributed by atoms with Crippen LogP contribution in [0.4, 0.5) is 5.69 Å². The molecule has 0 radical (unpaired) electrons. The van der Waals surface area contributed by atoms with Crippen LogP contribution in [-0.4, -0.2) is 20.2 Å². The molecule has 0 fully saturated rings. The highest BCUT2D eigenvalue weighted by Gasteiger charge is 2.14. The van der Waals surface area contributed by atoms with E-state index < -0.39 is 10.0 Å². The van der Waals surface area contributed by atoms with Gasteiger partial charge in [0.15, 0.2) is 0 Å². The molecule has 1 aromatic heterocycles. The molecule has 0 unspecified atom stereocenters. The first kappa shape index (κ1) is 24.9. The highest BCUT2D eigenvalue weighted by molar-refractivity contribution is 7.89. The molecule has 0 spiro atoms. The highest BCUT2D eigenvalue weighted by atomic mass is 32.2. The lowest BCUT2D eigenvalue weighted by Gasteiger charge is -2.09. The van der Waals surface area contributed by atoms with Crippen LogP contribution >= 0.6 is 0 Å². The normalized spacial score (nSPS) is 11.6. The van der Waals surface area contributed by atoms with Crippen LogP contribution in [0.2, 0.25) is 0 Å². The van der Waals surface area contributed by atoms with Gasteiger partial charge in [0.25, 0.3) is 0 Å². The van der Waals surface area contributed by atoms with Crippen LogP contribution in [0.5, 0.6) is 0 Å². The molecule has 3 rings (SSSR count). The maximum absolute atomic E-state index is 12.4. The van der Waals surface area contributed by atoms with Crippen molar-refractivity contribution in [3.8, 4) is 0 Å². The summed E-state index contributed by atoms with van der Waals surface area (Å²) in [4.78, 5) is 24.1. The SMILES string of the molecule is CC(C)C(=O)Nc1cccc(CNC(=O)/C=C/c2ccc(S(=O)(=O)NCc3ccco3)cc2)c1. The molecule has 0 saturated heterocycles. The summed E-state index contributed by atoms with van der Waals surface area (Å²) in [6, 6.07) is 16.8. The van der Waals surface area contributed by atoms with Gasteiger partial charge >= 0.3 is 0 Å². The van der Waals surface area contributed by atoms with Gasteiger partial charge in [0.2, 0.25) is 21.8 Å². The monoisotopic (exact) mass is 481 g/mol. The third-order valence-electron chi connectivity index (χ3n) is 4.82. The number of rotatable bonds is 10. The van der Waals surface area contributed by atoms with E-state index in [4.69, 9.17) is 4.42 Å². The smallest absolute Gasteiger partial charge is 0.244 e. The first-order valence-electron chi connectivity index (χ1n) is 10.7. The quantitative estimate of drug-likeness (QED) is 0.382. The van der Waals surface area contributed by atoms with Crippen molar-refractivity contribution in [1.82, 2.24) is 10.0 Å². The molecule has 3 N–H and O–H groups in total. The number of carbonyl (C=O) groups excluding carboxylic acids is 2. The summed E-state index contributed by atoms with van der Waals surface area (Å²) in [7, 11) is -3.68. The summed E-state index contributed by atoms with van der Waals surface area (Å²) >= 11 is 0. The van der Waals surface area contributed by atoms with Crippen molar-refractivity contribution in [3.05, 3.63) is 89.9 Å². The minimum Gasteiger partial charge on any atom is -0.468 e. The molecule has 3 aromatic rings. The minimum atomic E-state index is -3.68. The largest absolute Gasteiger partial charge is 0.468 e. The van der Waals surface area contributed by atoms with Gasteiger partial charge < -0.3 is 15.1 Å². The first-order chi connectivity index (χ1) is 16.2. The lowest BCUT2D eigenvalue weighted by atomic mass is 10.1. The van der Waals surface area contributed by atoms with Crippen molar-refractivity contribution < 1.29 is 22.4 Å². The van der Waals surface area contributed by atoms with Gasteiger partial charge in [0.1, 0.15) is 5.76 Å². The van der Waals surface area contributed by atoms with Crippen LogP contribution in [0.1, 0.15) is 30.7 Å². The zero-order valence-electron chi connectivity index (χ0n) is 18.9. The van der Waals surface area contributed by atoms with E-state index in [0.29, 0.717) is 23.6 Å². The number of amides is 2. The maximum Gasteiger partial charge on any atom is 0.244 e. The number of furan rings is 1. The molecule has 178 valence electrons. The molecule has 0 saturated carbocycles. The van der Waals surface area contributed by atoms with Crippen LogP contribution in [0.25, 0.3) is 6.08 Å². The molecule has 2 aromatic carbocycles. The number of benzene rings is 2. The Morgan fingerprint density at radius 1 is 1.00 bits per heavy atom. The molecule has 34 heavy (non-hydrogen) atoms. The molecule has 9 heteroatoms. The Morgan fingerprint density at radius 2 is 1.76 bits per heavy atom. The third-order valence-corrected chi connectivity index (χ3v) is 6.24. The second-order valence-electron chi connectivity index (χ2n) is 7.87. The zero-order chi connectivity index (χ0) is 24.6. The van der Waals surface area contributed by atoms with E-state index >= 15 is 0 Å². The molecule has 2 amide bonds. The predicted molar refractivity (Wildman–Crippen MR) is 130 cm³/mol. The molecule has 1 heterocycles. The van der Waals surface area contributed by atoms with Crippen LogP contribution in [0.15, 0.2) is 82.3 Å². The number of hydrogen-bond donors (Lipinski definition) is 3. The first-order valence-corrected chi connectivity index (χ1v) is 12.2. The summed E-state index contributed by atoms with van der Waals surface area (Å²) < 4.78 is 32.4. The fraction of sp³-hybridized carbons (Fsp3) is 0.200. The lowest BCUT2D eigenvalue weighted by Crippen LogP contribution is -2.22. The molecular weight excluding hydrogens is 454 g/mol. The van der Waals surface area contributed by atoms with Gasteiger partial charge in [-0.3, -0.25) is 9.59 Å². The van der Waals surface area contributed by atoms with Gasteiger partial charge in [-0.15, -0.1) is 0 Å². The number of nitrogens with one attached hydrogen (secondary N) is 3. The van der Waals surface area contributed by atoms with Crippen molar-refractivity contribution in [2.24, 2.45) is 5.92 Å². The van der Waals surface area contributed by atoms with Crippen LogP contribution in [0.3, 0.4) is 0 Å². The molecule has 0 aliphatic rings. The molecular formula is C25H27N3O5S. The molecule has 8 nitrogen and oxygen atoms in total. The topological polar surface area (TPSA) is 118 Å². The molecule has 0 atom stereocenters. The van der Waals surface area contributed by atoms with Crippen LogP contribution in [-0.2, 0) is 32.7 Å².